The maximum Gasteiger partial charge on any atom is 0.125 e. The number of aryl methyl sites for hydroxylation is 1. The zero-order chi connectivity index (χ0) is 9.26. The van der Waals surface area contributed by atoms with Crippen LogP contribution in [-0.2, 0) is 23.3 Å². The van der Waals surface area contributed by atoms with Crippen molar-refractivity contribution in [3.8, 4) is 0 Å². The third-order valence-electron chi connectivity index (χ3n) is 2.13. The average molecular weight is 235 g/mol. The summed E-state index contributed by atoms with van der Waals surface area (Å²) < 4.78 is 14.9. The molecule has 0 aliphatic heterocycles. The number of nitrogens with zero attached hydrogens (tertiary/aromatic N) is 1. The van der Waals surface area contributed by atoms with E-state index in [1.54, 1.807) is 12.1 Å². The molecule has 0 aliphatic carbocycles. The number of rotatable bonds is 2. The van der Waals surface area contributed by atoms with Gasteiger partial charge in [-0.05, 0) is 36.2 Å². The van der Waals surface area contributed by atoms with Gasteiger partial charge in [-0.15, -0.1) is 0 Å². The number of benzene rings is 1. The van der Waals surface area contributed by atoms with E-state index in [-0.39, 0.29) is 22.6 Å². The molecule has 1 radical (unpaired) electrons. The molecule has 0 spiro atoms. The van der Waals surface area contributed by atoms with Crippen LogP contribution in [-0.4, -0.2) is 4.57 Å². The Hall–Kier alpha value is -0.804. The molecule has 0 aliphatic rings. The van der Waals surface area contributed by atoms with Crippen LogP contribution in [0.1, 0.15) is 6.42 Å². The van der Waals surface area contributed by atoms with E-state index in [1.165, 1.54) is 6.07 Å². The van der Waals surface area contributed by atoms with Gasteiger partial charge in [0.2, 0.25) is 0 Å². The summed E-state index contributed by atoms with van der Waals surface area (Å²) in [4.78, 5) is 0. The van der Waals surface area contributed by atoms with E-state index >= 15 is 0 Å². The maximum atomic E-state index is 12.9. The summed E-state index contributed by atoms with van der Waals surface area (Å²) >= 11 is 0. The molecule has 1 aromatic carbocycles. The van der Waals surface area contributed by atoms with Gasteiger partial charge in [0, 0.05) is 23.0 Å². The molecule has 0 fully saturated rings. The van der Waals surface area contributed by atoms with Gasteiger partial charge in [-0.25, -0.2) is 4.39 Å². The molecule has 0 atom stereocenters. The Kier molecular flexibility index (Phi) is 3.72. The third kappa shape index (κ3) is 1.99. The van der Waals surface area contributed by atoms with Crippen molar-refractivity contribution >= 4 is 10.9 Å². The van der Waals surface area contributed by atoms with Gasteiger partial charge in [-0.2, -0.15) is 6.42 Å². The molecule has 3 heteroatoms. The van der Waals surface area contributed by atoms with Gasteiger partial charge in [0.25, 0.3) is 0 Å². The second-order valence-electron chi connectivity index (χ2n) is 3.07. The second kappa shape index (κ2) is 4.62. The van der Waals surface area contributed by atoms with Crippen LogP contribution in [0.25, 0.3) is 10.9 Å². The fourth-order valence-electron chi connectivity index (χ4n) is 1.52. The standard InChI is InChI=1S/C11H11FN.Co/c1-2-6-13-7-5-9-3-4-10(12)8-11(9)13;/h3-5,7-8H,1-2,6H2;/q-1;. The first-order chi connectivity index (χ1) is 6.31. The fraction of sp³-hybridized carbons (Fsp3) is 0.182. The van der Waals surface area contributed by atoms with E-state index in [0.717, 1.165) is 23.9 Å². The van der Waals surface area contributed by atoms with Crippen LogP contribution >= 0.6 is 0 Å². The van der Waals surface area contributed by atoms with Gasteiger partial charge in [0.15, 0.2) is 0 Å². The summed E-state index contributed by atoms with van der Waals surface area (Å²) in [6.07, 6.45) is 2.79. The van der Waals surface area contributed by atoms with E-state index in [1.807, 2.05) is 16.8 Å². The van der Waals surface area contributed by atoms with Crippen molar-refractivity contribution in [2.75, 3.05) is 0 Å². The molecule has 14 heavy (non-hydrogen) atoms. The van der Waals surface area contributed by atoms with Crippen LogP contribution in [0.15, 0.2) is 30.5 Å². The number of halogens is 1. The number of fused-ring (bicyclic) bond motifs is 1. The SMILES string of the molecule is [CH2-]CCn1ccc2ccc(F)cc21.[Co]. The van der Waals surface area contributed by atoms with Crippen molar-refractivity contribution in [1.29, 1.82) is 0 Å². The van der Waals surface area contributed by atoms with Crippen LogP contribution in [0, 0.1) is 12.7 Å². The molecule has 1 nitrogen and oxygen atoms in total. The predicted molar refractivity (Wildman–Crippen MR) is 51.9 cm³/mol. The van der Waals surface area contributed by atoms with Crippen molar-refractivity contribution in [1.82, 2.24) is 4.57 Å². The van der Waals surface area contributed by atoms with Crippen molar-refractivity contribution in [3.05, 3.63) is 43.2 Å². The zero-order valence-corrected chi connectivity index (χ0v) is 8.71. The molecule has 2 aromatic rings. The molecular formula is C11H11CoFN-. The summed E-state index contributed by atoms with van der Waals surface area (Å²) in [5, 5.41) is 1.08. The molecule has 0 amide bonds. The van der Waals surface area contributed by atoms with E-state index in [0.29, 0.717) is 0 Å². The summed E-state index contributed by atoms with van der Waals surface area (Å²) in [7, 11) is 0. The number of aromatic nitrogens is 1. The molecule has 1 aromatic heterocycles. The fourth-order valence-corrected chi connectivity index (χ4v) is 1.52. The number of hydrogen-bond donors (Lipinski definition) is 0. The smallest absolute Gasteiger partial charge is 0.125 e. The largest absolute Gasteiger partial charge is 0.350 e. The van der Waals surface area contributed by atoms with Crippen LogP contribution in [0.5, 0.6) is 0 Å². The van der Waals surface area contributed by atoms with Crippen LogP contribution < -0.4 is 0 Å². The molecule has 0 N–H and O–H groups in total. The van der Waals surface area contributed by atoms with E-state index in [2.05, 4.69) is 6.92 Å². The Balaban J connectivity index is 0.000000980. The van der Waals surface area contributed by atoms with Gasteiger partial charge >= 0.3 is 0 Å². The Labute approximate surface area is 93.1 Å². The van der Waals surface area contributed by atoms with Crippen molar-refractivity contribution < 1.29 is 21.2 Å². The zero-order valence-electron chi connectivity index (χ0n) is 7.67. The van der Waals surface area contributed by atoms with Crippen LogP contribution in [0.4, 0.5) is 4.39 Å². The minimum absolute atomic E-state index is 0. The van der Waals surface area contributed by atoms with Gasteiger partial charge < -0.3 is 11.5 Å². The first-order valence-corrected chi connectivity index (χ1v) is 4.35. The van der Waals surface area contributed by atoms with Gasteiger partial charge in [0.1, 0.15) is 5.82 Å². The average Bonchev–Trinajstić information content (AvgIpc) is 2.49. The first-order valence-electron chi connectivity index (χ1n) is 4.35. The summed E-state index contributed by atoms with van der Waals surface area (Å²) in [5.41, 5.74) is 0.948. The maximum absolute atomic E-state index is 12.9. The molecule has 0 bridgehead atoms. The van der Waals surface area contributed by atoms with Crippen LogP contribution in [0.3, 0.4) is 0 Å². The molecule has 1 heterocycles. The minimum atomic E-state index is -0.184. The first kappa shape index (κ1) is 11.3. The number of hydrogen-bond acceptors (Lipinski definition) is 0. The summed E-state index contributed by atoms with van der Waals surface area (Å²) in [5.74, 6) is -0.184. The normalized spacial score (nSPS) is 10.1. The second-order valence-corrected chi connectivity index (χ2v) is 3.07. The molecular weight excluding hydrogens is 224 g/mol. The Morgan fingerprint density at radius 3 is 2.79 bits per heavy atom. The molecule has 2 rings (SSSR count). The molecule has 77 valence electrons. The third-order valence-corrected chi connectivity index (χ3v) is 2.13. The van der Waals surface area contributed by atoms with Gasteiger partial charge in [-0.1, -0.05) is 0 Å². The van der Waals surface area contributed by atoms with Crippen molar-refractivity contribution in [2.24, 2.45) is 0 Å². The molecule has 0 saturated carbocycles. The van der Waals surface area contributed by atoms with E-state index in [9.17, 15) is 4.39 Å². The Morgan fingerprint density at radius 2 is 2.07 bits per heavy atom. The van der Waals surface area contributed by atoms with E-state index in [4.69, 9.17) is 0 Å². The summed E-state index contributed by atoms with van der Waals surface area (Å²) in [6.45, 7) is 4.62. The Morgan fingerprint density at radius 1 is 1.29 bits per heavy atom. The Bertz CT molecular complexity index is 422. The quantitative estimate of drug-likeness (QED) is 0.705. The van der Waals surface area contributed by atoms with E-state index < -0.39 is 0 Å². The predicted octanol–water partition coefficient (Wildman–Crippen LogP) is 3.00. The van der Waals surface area contributed by atoms with Gasteiger partial charge in [-0.3, -0.25) is 0 Å². The minimum Gasteiger partial charge on any atom is -0.350 e. The topological polar surface area (TPSA) is 4.93 Å². The van der Waals surface area contributed by atoms with Crippen molar-refractivity contribution in [2.45, 2.75) is 13.0 Å². The van der Waals surface area contributed by atoms with Gasteiger partial charge in [0.05, 0.1) is 5.52 Å². The van der Waals surface area contributed by atoms with Crippen molar-refractivity contribution in [3.63, 3.8) is 0 Å². The molecule has 0 saturated heterocycles. The van der Waals surface area contributed by atoms with Crippen LogP contribution in [0.2, 0.25) is 0 Å². The summed E-state index contributed by atoms with van der Waals surface area (Å²) in [6, 6.07) is 6.83. The monoisotopic (exact) mass is 235 g/mol. The molecule has 0 unspecified atom stereocenters.